The largest absolute Gasteiger partial charge is 0.497 e. The summed E-state index contributed by atoms with van der Waals surface area (Å²) in [5.41, 5.74) is 3.55. The lowest BCUT2D eigenvalue weighted by Crippen LogP contribution is -2.42. The van der Waals surface area contributed by atoms with E-state index in [0.717, 1.165) is 16.7 Å². The first-order chi connectivity index (χ1) is 17.5. The number of methoxy groups -OCH3 is 4. The highest BCUT2D eigenvalue weighted by atomic mass is 16.5. The minimum atomic E-state index is -0.322. The smallest absolute Gasteiger partial charge is 0.254 e. The zero-order valence-corrected chi connectivity index (χ0v) is 21.1. The topological polar surface area (TPSA) is 66.5 Å². The first-order valence-electron chi connectivity index (χ1n) is 11.6. The van der Waals surface area contributed by atoms with Crippen LogP contribution in [0.25, 0.3) is 5.76 Å². The van der Waals surface area contributed by atoms with Gasteiger partial charge in [-0.25, -0.2) is 0 Å². The third-order valence-electron chi connectivity index (χ3n) is 6.43. The maximum atomic E-state index is 13.6. The van der Waals surface area contributed by atoms with Gasteiger partial charge in [0.2, 0.25) is 0 Å². The van der Waals surface area contributed by atoms with Crippen molar-refractivity contribution in [2.75, 3.05) is 41.6 Å². The Morgan fingerprint density at radius 2 is 1.47 bits per heavy atom. The molecule has 3 aromatic carbocycles. The lowest BCUT2D eigenvalue weighted by atomic mass is 9.91. The normalized spacial score (nSPS) is 14.4. The van der Waals surface area contributed by atoms with Crippen LogP contribution < -0.4 is 18.9 Å². The molecule has 4 rings (SSSR count). The molecule has 1 aliphatic rings. The van der Waals surface area contributed by atoms with Gasteiger partial charge in [-0.3, -0.25) is 4.79 Å². The van der Waals surface area contributed by atoms with Crippen molar-refractivity contribution in [3.63, 3.8) is 0 Å². The number of amides is 1. The van der Waals surface area contributed by atoms with E-state index in [1.807, 2.05) is 41.3 Å². The van der Waals surface area contributed by atoms with Gasteiger partial charge >= 0.3 is 0 Å². The van der Waals surface area contributed by atoms with Gasteiger partial charge in [-0.15, -0.1) is 0 Å². The summed E-state index contributed by atoms with van der Waals surface area (Å²) in [6.07, 6.45) is 0.696. The second kappa shape index (κ2) is 11.1. The van der Waals surface area contributed by atoms with Gasteiger partial charge in [0.25, 0.3) is 5.91 Å². The third-order valence-corrected chi connectivity index (χ3v) is 6.43. The molecule has 3 aromatic rings. The molecule has 0 bridgehead atoms. The molecular weight excluding hydrogens is 458 g/mol. The number of nitrogens with zero attached hydrogens (tertiary/aromatic N) is 1. The summed E-state index contributed by atoms with van der Waals surface area (Å²) < 4.78 is 27.7. The molecule has 1 heterocycles. The van der Waals surface area contributed by atoms with E-state index >= 15 is 0 Å². The fourth-order valence-electron chi connectivity index (χ4n) is 4.38. The lowest BCUT2D eigenvalue weighted by molar-refractivity contribution is 0.0589. The van der Waals surface area contributed by atoms with Crippen LogP contribution in [-0.2, 0) is 11.2 Å². The average Bonchev–Trinajstić information content (AvgIpc) is 2.94. The molecule has 0 radical (unpaired) electrons. The van der Waals surface area contributed by atoms with Gasteiger partial charge < -0.3 is 28.6 Å². The van der Waals surface area contributed by atoms with Crippen molar-refractivity contribution in [2.24, 2.45) is 0 Å². The maximum Gasteiger partial charge on any atom is 0.254 e. The van der Waals surface area contributed by atoms with Gasteiger partial charge in [0, 0.05) is 17.7 Å². The summed E-state index contributed by atoms with van der Waals surface area (Å²) in [6.45, 7) is 4.70. The maximum absolute atomic E-state index is 13.6. The molecule has 1 aliphatic heterocycles. The van der Waals surface area contributed by atoms with Crippen LogP contribution in [0.4, 0.5) is 0 Å². The quantitative estimate of drug-likeness (QED) is 0.388. The van der Waals surface area contributed by atoms with Crippen LogP contribution in [0.2, 0.25) is 0 Å². The lowest BCUT2D eigenvalue weighted by Gasteiger charge is -2.37. The van der Waals surface area contributed by atoms with E-state index < -0.39 is 0 Å². The molecule has 36 heavy (non-hydrogen) atoms. The molecule has 0 N–H and O–H groups in total. The summed E-state index contributed by atoms with van der Waals surface area (Å²) >= 11 is 0. The fraction of sp³-hybridized carbons (Fsp3) is 0.276. The van der Waals surface area contributed by atoms with E-state index in [9.17, 15) is 4.79 Å². The first kappa shape index (κ1) is 25.0. The minimum Gasteiger partial charge on any atom is -0.497 e. The number of rotatable bonds is 9. The Balaban J connectivity index is 1.65. The third kappa shape index (κ3) is 5.10. The molecule has 1 unspecified atom stereocenters. The number of benzene rings is 3. The second-order valence-electron chi connectivity index (χ2n) is 8.36. The van der Waals surface area contributed by atoms with Crippen molar-refractivity contribution < 1.29 is 28.5 Å². The molecule has 188 valence electrons. The van der Waals surface area contributed by atoms with Crippen molar-refractivity contribution in [1.82, 2.24) is 4.90 Å². The second-order valence-corrected chi connectivity index (χ2v) is 8.36. The zero-order valence-electron chi connectivity index (χ0n) is 21.1. The summed E-state index contributed by atoms with van der Waals surface area (Å²) in [4.78, 5) is 15.5. The summed E-state index contributed by atoms with van der Waals surface area (Å²) in [5.74, 6) is 3.18. The van der Waals surface area contributed by atoms with Gasteiger partial charge in [0.1, 0.15) is 23.9 Å². The summed E-state index contributed by atoms with van der Waals surface area (Å²) in [5, 5.41) is 0. The Bertz CT molecular complexity index is 1220. The average molecular weight is 490 g/mol. The molecule has 1 amide bonds. The highest BCUT2D eigenvalue weighted by Gasteiger charge is 2.33. The van der Waals surface area contributed by atoms with Crippen molar-refractivity contribution in [1.29, 1.82) is 0 Å². The van der Waals surface area contributed by atoms with Crippen LogP contribution in [-0.4, -0.2) is 52.4 Å². The van der Waals surface area contributed by atoms with Crippen LogP contribution in [0, 0.1) is 0 Å². The first-order valence-corrected chi connectivity index (χ1v) is 11.6. The SMILES string of the molecule is C=C(OC)c1ccc(OCC2c3cc(OC)c(OC)cc3CCN2C(=O)c2ccc(OC)cc2)cc1. The molecule has 0 fully saturated rings. The number of carbonyl (C=O) groups excluding carboxylic acids is 1. The number of ether oxygens (including phenoxy) is 5. The van der Waals surface area contributed by atoms with Gasteiger partial charge in [-0.2, -0.15) is 0 Å². The Labute approximate surface area is 211 Å². The molecular formula is C29H31NO6. The Morgan fingerprint density at radius 1 is 0.861 bits per heavy atom. The van der Waals surface area contributed by atoms with Crippen LogP contribution in [0.5, 0.6) is 23.0 Å². The Hall–Kier alpha value is -4.13. The Kier molecular flexibility index (Phi) is 7.68. The zero-order chi connectivity index (χ0) is 25.7. The van der Waals surface area contributed by atoms with Gasteiger partial charge in [0.15, 0.2) is 11.5 Å². The van der Waals surface area contributed by atoms with E-state index in [1.165, 1.54) is 0 Å². The Morgan fingerprint density at radius 3 is 2.08 bits per heavy atom. The van der Waals surface area contributed by atoms with E-state index in [-0.39, 0.29) is 18.6 Å². The number of carbonyl (C=O) groups is 1. The molecule has 1 atom stereocenters. The van der Waals surface area contributed by atoms with Crippen LogP contribution in [0.1, 0.15) is 33.1 Å². The predicted molar refractivity (Wildman–Crippen MR) is 138 cm³/mol. The van der Waals surface area contributed by atoms with Gasteiger partial charge in [-0.05, 0) is 78.2 Å². The standard InChI is InChI=1S/C29H31NO6/c1-19(32-2)20-6-12-24(13-7-20)36-18-26-25-17-28(35-5)27(34-4)16-22(25)14-15-30(26)29(31)21-8-10-23(33-3)11-9-21/h6-13,16-17,26H,1,14-15,18H2,2-5H3. The van der Waals surface area contributed by atoms with Gasteiger partial charge in [0.05, 0.1) is 34.5 Å². The molecule has 0 aromatic heterocycles. The van der Waals surface area contributed by atoms with Crippen LogP contribution in [0.3, 0.4) is 0 Å². The van der Waals surface area contributed by atoms with E-state index in [4.69, 9.17) is 23.7 Å². The molecule has 0 aliphatic carbocycles. The van der Waals surface area contributed by atoms with E-state index in [2.05, 4.69) is 6.58 Å². The highest BCUT2D eigenvalue weighted by Crippen LogP contribution is 2.39. The van der Waals surface area contributed by atoms with E-state index in [1.54, 1.807) is 52.7 Å². The van der Waals surface area contributed by atoms with Crippen molar-refractivity contribution in [3.05, 3.63) is 89.5 Å². The minimum absolute atomic E-state index is 0.0709. The van der Waals surface area contributed by atoms with Gasteiger partial charge in [-0.1, -0.05) is 6.58 Å². The van der Waals surface area contributed by atoms with Crippen molar-refractivity contribution in [2.45, 2.75) is 12.5 Å². The van der Waals surface area contributed by atoms with E-state index in [0.29, 0.717) is 47.3 Å². The fourth-order valence-corrected chi connectivity index (χ4v) is 4.38. The van der Waals surface area contributed by atoms with Crippen LogP contribution in [0.15, 0.2) is 67.2 Å². The summed E-state index contributed by atoms with van der Waals surface area (Å²) in [6, 6.07) is 18.3. The molecule has 7 nitrogen and oxygen atoms in total. The van der Waals surface area contributed by atoms with Crippen molar-refractivity contribution in [3.8, 4) is 23.0 Å². The number of fused-ring (bicyclic) bond motifs is 1. The molecule has 0 spiro atoms. The van der Waals surface area contributed by atoms with Crippen molar-refractivity contribution >= 4 is 11.7 Å². The predicted octanol–water partition coefficient (Wildman–Crippen LogP) is 5.15. The number of hydrogen-bond acceptors (Lipinski definition) is 6. The highest BCUT2D eigenvalue weighted by molar-refractivity contribution is 5.95. The summed E-state index contributed by atoms with van der Waals surface area (Å²) in [7, 11) is 6.42. The number of hydrogen-bond donors (Lipinski definition) is 0. The monoisotopic (exact) mass is 489 g/mol. The molecule has 0 saturated heterocycles. The molecule has 7 heteroatoms. The van der Waals surface area contributed by atoms with Crippen LogP contribution >= 0.6 is 0 Å². The molecule has 0 saturated carbocycles.